The zero-order chi connectivity index (χ0) is 15.3. The molecule has 0 aliphatic heterocycles. The molecule has 0 heterocycles. The van der Waals surface area contributed by atoms with Gasteiger partial charge in [0, 0.05) is 18.7 Å². The van der Waals surface area contributed by atoms with Gasteiger partial charge in [-0.15, -0.1) is 0 Å². The molecular weight excluding hydrogens is 288 g/mol. The maximum Gasteiger partial charge on any atom is 0.271 e. The van der Waals surface area contributed by atoms with Crippen molar-refractivity contribution in [3.8, 4) is 5.75 Å². The minimum absolute atomic E-state index is 0.0119. The summed E-state index contributed by atoms with van der Waals surface area (Å²) in [4.78, 5) is 9.66. The molecule has 0 unspecified atom stereocenters. The average Bonchev–Trinajstić information content (AvgIpc) is 2.34. The van der Waals surface area contributed by atoms with Crippen LogP contribution in [0.4, 0.5) is 5.69 Å². The van der Waals surface area contributed by atoms with Crippen LogP contribution in [0.3, 0.4) is 0 Å². The Bertz CT molecular complexity index is 599. The molecule has 0 aliphatic carbocycles. The van der Waals surface area contributed by atoms with Crippen LogP contribution >= 0.6 is 0 Å². The van der Waals surface area contributed by atoms with Crippen molar-refractivity contribution < 1.29 is 22.8 Å². The van der Waals surface area contributed by atoms with Crippen molar-refractivity contribution in [2.24, 2.45) is 5.14 Å². The van der Waals surface area contributed by atoms with Crippen LogP contribution in [0.5, 0.6) is 5.75 Å². The summed E-state index contributed by atoms with van der Waals surface area (Å²) in [6, 6.07) is 2.11. The molecule has 8 nitrogen and oxygen atoms in total. The van der Waals surface area contributed by atoms with Crippen molar-refractivity contribution in [3.63, 3.8) is 0 Å². The number of aryl methyl sites for hydroxylation is 1. The number of hydrogen-bond donors (Lipinski definition) is 1. The standard InChI is InChI=1S/C11H16N2O6S/c1-3-18-4-5-19-11-8(2)6-9(13(14)15)7-10(11)20(12,16)17/h6-7H,3-5H2,1-2H3,(H2,12,16,17). The van der Waals surface area contributed by atoms with E-state index in [1.807, 2.05) is 6.92 Å². The minimum atomic E-state index is -4.12. The quantitative estimate of drug-likeness (QED) is 0.455. The number of nitro benzene ring substituents is 1. The Hall–Kier alpha value is -1.71. The van der Waals surface area contributed by atoms with E-state index in [1.165, 1.54) is 13.0 Å². The first-order chi connectivity index (χ1) is 9.27. The van der Waals surface area contributed by atoms with Crippen molar-refractivity contribution in [2.75, 3.05) is 19.8 Å². The summed E-state index contributed by atoms with van der Waals surface area (Å²) in [5.74, 6) is 0.0119. The fourth-order valence-corrected chi connectivity index (χ4v) is 2.34. The first-order valence-electron chi connectivity index (χ1n) is 5.79. The Kier molecular flexibility index (Phi) is 5.43. The van der Waals surface area contributed by atoms with E-state index in [9.17, 15) is 18.5 Å². The van der Waals surface area contributed by atoms with Crippen LogP contribution < -0.4 is 9.88 Å². The second kappa shape index (κ2) is 6.64. The highest BCUT2D eigenvalue weighted by Gasteiger charge is 2.22. The first kappa shape index (κ1) is 16.3. The number of sulfonamides is 1. The van der Waals surface area contributed by atoms with Crippen LogP contribution in [0.25, 0.3) is 0 Å². The molecule has 0 saturated heterocycles. The molecular formula is C11H16N2O6S. The van der Waals surface area contributed by atoms with Crippen LogP contribution in [-0.2, 0) is 14.8 Å². The molecule has 0 aliphatic rings. The van der Waals surface area contributed by atoms with Gasteiger partial charge >= 0.3 is 0 Å². The lowest BCUT2D eigenvalue weighted by Crippen LogP contribution is -2.16. The summed E-state index contributed by atoms with van der Waals surface area (Å²) in [5.41, 5.74) is -0.0385. The summed E-state index contributed by atoms with van der Waals surface area (Å²) >= 11 is 0. The minimum Gasteiger partial charge on any atom is -0.489 e. The highest BCUT2D eigenvalue weighted by molar-refractivity contribution is 7.89. The molecule has 20 heavy (non-hydrogen) atoms. The highest BCUT2D eigenvalue weighted by atomic mass is 32.2. The normalized spacial score (nSPS) is 11.3. The molecule has 1 aromatic rings. The molecule has 0 aromatic heterocycles. The van der Waals surface area contributed by atoms with Gasteiger partial charge in [-0.3, -0.25) is 10.1 Å². The maximum absolute atomic E-state index is 11.5. The molecule has 9 heteroatoms. The lowest BCUT2D eigenvalue weighted by atomic mass is 10.2. The summed E-state index contributed by atoms with van der Waals surface area (Å²) < 4.78 is 33.4. The summed E-state index contributed by atoms with van der Waals surface area (Å²) in [6.07, 6.45) is 0. The summed E-state index contributed by atoms with van der Waals surface area (Å²) in [5, 5.41) is 15.8. The van der Waals surface area contributed by atoms with Gasteiger partial charge in [-0.05, 0) is 19.4 Å². The second-order valence-electron chi connectivity index (χ2n) is 3.94. The van der Waals surface area contributed by atoms with E-state index in [1.54, 1.807) is 0 Å². The second-order valence-corrected chi connectivity index (χ2v) is 5.47. The number of nitrogens with two attached hydrogens (primary N) is 1. The van der Waals surface area contributed by atoms with E-state index in [2.05, 4.69) is 0 Å². The van der Waals surface area contributed by atoms with E-state index in [0.29, 0.717) is 12.2 Å². The number of nitro groups is 1. The molecule has 112 valence electrons. The van der Waals surface area contributed by atoms with Crippen molar-refractivity contribution >= 4 is 15.7 Å². The first-order valence-corrected chi connectivity index (χ1v) is 7.34. The molecule has 1 rings (SSSR count). The molecule has 2 N–H and O–H groups in total. The van der Waals surface area contributed by atoms with Crippen LogP contribution in [0, 0.1) is 17.0 Å². The Labute approximate surface area is 116 Å². The van der Waals surface area contributed by atoms with Crippen molar-refractivity contribution in [2.45, 2.75) is 18.7 Å². The predicted molar refractivity (Wildman–Crippen MR) is 71.2 cm³/mol. The van der Waals surface area contributed by atoms with Crippen LogP contribution in [0.2, 0.25) is 0 Å². The average molecular weight is 304 g/mol. The number of primary sulfonamides is 1. The number of ether oxygens (including phenoxy) is 2. The van der Waals surface area contributed by atoms with Gasteiger partial charge in [-0.25, -0.2) is 13.6 Å². The van der Waals surface area contributed by atoms with E-state index in [0.717, 1.165) is 6.07 Å². The van der Waals surface area contributed by atoms with E-state index >= 15 is 0 Å². The van der Waals surface area contributed by atoms with Crippen molar-refractivity contribution in [1.29, 1.82) is 0 Å². The number of benzene rings is 1. The van der Waals surface area contributed by atoms with Gasteiger partial charge in [0.2, 0.25) is 10.0 Å². The van der Waals surface area contributed by atoms with Gasteiger partial charge < -0.3 is 9.47 Å². The lowest BCUT2D eigenvalue weighted by Gasteiger charge is -2.12. The van der Waals surface area contributed by atoms with Crippen LogP contribution in [0.1, 0.15) is 12.5 Å². The van der Waals surface area contributed by atoms with Gasteiger partial charge in [0.25, 0.3) is 5.69 Å². The topological polar surface area (TPSA) is 122 Å². The molecule has 0 fully saturated rings. The number of rotatable bonds is 7. The van der Waals surface area contributed by atoms with Crippen molar-refractivity contribution in [1.82, 2.24) is 0 Å². The molecule has 0 bridgehead atoms. The Morgan fingerprint density at radius 3 is 2.50 bits per heavy atom. The molecule has 0 atom stereocenters. The number of nitrogens with zero attached hydrogens (tertiary/aromatic N) is 1. The van der Waals surface area contributed by atoms with Gasteiger partial charge in [0.15, 0.2) is 0 Å². The third kappa shape index (κ3) is 4.15. The van der Waals surface area contributed by atoms with Crippen LogP contribution in [0.15, 0.2) is 17.0 Å². The Morgan fingerprint density at radius 1 is 1.35 bits per heavy atom. The highest BCUT2D eigenvalue weighted by Crippen LogP contribution is 2.31. The summed E-state index contributed by atoms with van der Waals surface area (Å²) in [6.45, 7) is 4.22. The van der Waals surface area contributed by atoms with Gasteiger partial charge in [-0.1, -0.05) is 0 Å². The fraction of sp³-hybridized carbons (Fsp3) is 0.455. The zero-order valence-corrected chi connectivity index (χ0v) is 12.0. The van der Waals surface area contributed by atoms with Gasteiger partial charge in [0.1, 0.15) is 17.3 Å². The number of hydrogen-bond acceptors (Lipinski definition) is 6. The maximum atomic E-state index is 11.5. The third-order valence-electron chi connectivity index (χ3n) is 2.42. The zero-order valence-electron chi connectivity index (χ0n) is 11.2. The largest absolute Gasteiger partial charge is 0.489 e. The predicted octanol–water partition coefficient (Wildman–Crippen LogP) is 0.966. The van der Waals surface area contributed by atoms with Crippen molar-refractivity contribution in [3.05, 3.63) is 27.8 Å². The molecule has 0 saturated carbocycles. The molecule has 0 spiro atoms. The van der Waals surface area contributed by atoms with Gasteiger partial charge in [0.05, 0.1) is 11.5 Å². The fourth-order valence-electron chi connectivity index (χ4n) is 1.57. The SMILES string of the molecule is CCOCCOc1c(C)cc([N+](=O)[O-])cc1S(N)(=O)=O. The van der Waals surface area contributed by atoms with Gasteiger partial charge in [-0.2, -0.15) is 0 Å². The Balaban J connectivity index is 3.18. The third-order valence-corrected chi connectivity index (χ3v) is 3.34. The van der Waals surface area contributed by atoms with Crippen LogP contribution in [-0.4, -0.2) is 33.2 Å². The van der Waals surface area contributed by atoms with E-state index < -0.39 is 19.8 Å². The smallest absolute Gasteiger partial charge is 0.271 e. The summed E-state index contributed by atoms with van der Waals surface area (Å²) in [7, 11) is -4.12. The van der Waals surface area contributed by atoms with E-state index in [-0.39, 0.29) is 24.7 Å². The van der Waals surface area contributed by atoms with E-state index in [4.69, 9.17) is 14.6 Å². The molecule has 1 aromatic carbocycles. The number of non-ortho nitro benzene ring substituents is 1. The Morgan fingerprint density at radius 2 is 2.00 bits per heavy atom. The lowest BCUT2D eigenvalue weighted by molar-refractivity contribution is -0.385. The monoisotopic (exact) mass is 304 g/mol. The molecule has 0 amide bonds. The molecule has 0 radical (unpaired) electrons.